The lowest BCUT2D eigenvalue weighted by atomic mass is 9.76. The van der Waals surface area contributed by atoms with E-state index in [1.807, 2.05) is 30.9 Å². The molecule has 5 heteroatoms. The number of para-hydroxylation sites is 1. The van der Waals surface area contributed by atoms with Crippen molar-refractivity contribution in [1.82, 2.24) is 14.8 Å². The van der Waals surface area contributed by atoms with E-state index in [2.05, 4.69) is 55.2 Å². The lowest BCUT2D eigenvalue weighted by Gasteiger charge is -2.52. The molecule has 1 saturated heterocycles. The van der Waals surface area contributed by atoms with E-state index in [0.717, 1.165) is 35.0 Å². The average Bonchev–Trinajstić information content (AvgIpc) is 3.22. The van der Waals surface area contributed by atoms with E-state index in [-0.39, 0.29) is 30.3 Å². The number of piperazine rings is 1. The molecule has 2 aliphatic rings. The Morgan fingerprint density at radius 1 is 1.09 bits per heavy atom. The van der Waals surface area contributed by atoms with Gasteiger partial charge in [0.25, 0.3) is 5.91 Å². The molecule has 0 bridgehead atoms. The Morgan fingerprint density at radius 3 is 2.50 bits per heavy atom. The van der Waals surface area contributed by atoms with Gasteiger partial charge in [-0.25, -0.2) is 0 Å². The Balaban J connectivity index is 1.73. The largest absolute Gasteiger partial charge is 0.356 e. The summed E-state index contributed by atoms with van der Waals surface area (Å²) in [5.41, 5.74) is 4.47. The van der Waals surface area contributed by atoms with Crippen LogP contribution < -0.4 is 0 Å². The third-order valence-electron chi connectivity index (χ3n) is 7.68. The quantitative estimate of drug-likeness (QED) is 0.661. The molecule has 3 atom stereocenters. The summed E-state index contributed by atoms with van der Waals surface area (Å²) in [5, 5.41) is 1.13. The van der Waals surface area contributed by atoms with E-state index in [4.69, 9.17) is 0 Å². The maximum atomic E-state index is 13.9. The molecule has 5 rings (SSSR count). The molecule has 0 saturated carbocycles. The molecule has 1 fully saturated rings. The monoisotopic (exact) mass is 429 g/mol. The van der Waals surface area contributed by atoms with E-state index >= 15 is 0 Å². The van der Waals surface area contributed by atoms with E-state index in [1.54, 1.807) is 4.90 Å². The molecule has 0 radical (unpaired) electrons. The van der Waals surface area contributed by atoms with Crippen LogP contribution >= 0.6 is 0 Å². The van der Waals surface area contributed by atoms with Gasteiger partial charge < -0.3 is 14.8 Å². The fourth-order valence-corrected chi connectivity index (χ4v) is 5.49. The Bertz CT molecular complexity index is 1200. The Morgan fingerprint density at radius 2 is 1.81 bits per heavy atom. The number of amides is 2. The maximum Gasteiger partial charge on any atom is 0.255 e. The number of nitrogens with one attached hydrogen (secondary N) is 1. The number of benzene rings is 2. The second-order valence-corrected chi connectivity index (χ2v) is 9.37. The lowest BCUT2D eigenvalue weighted by Crippen LogP contribution is -2.68. The van der Waals surface area contributed by atoms with Crippen molar-refractivity contribution in [2.24, 2.45) is 0 Å². The van der Waals surface area contributed by atoms with Crippen LogP contribution in [-0.4, -0.2) is 45.7 Å². The average molecular weight is 430 g/mol. The Kier molecular flexibility index (Phi) is 4.88. The summed E-state index contributed by atoms with van der Waals surface area (Å²) in [5.74, 6) is 0.0537. The van der Waals surface area contributed by atoms with Gasteiger partial charge in [0, 0.05) is 29.4 Å². The topological polar surface area (TPSA) is 56.4 Å². The lowest BCUT2D eigenvalue weighted by molar-refractivity contribution is -0.168. The molecule has 2 aliphatic heterocycles. The molecule has 5 nitrogen and oxygen atoms in total. The summed E-state index contributed by atoms with van der Waals surface area (Å²) in [7, 11) is 0. The number of nitrogens with zero attached hydrogens (tertiary/aromatic N) is 2. The van der Waals surface area contributed by atoms with E-state index < -0.39 is 5.54 Å². The second-order valence-electron chi connectivity index (χ2n) is 9.37. The number of carbonyl (C=O) groups is 2. The van der Waals surface area contributed by atoms with Gasteiger partial charge in [-0.3, -0.25) is 9.59 Å². The highest BCUT2D eigenvalue weighted by Crippen LogP contribution is 2.48. The first kappa shape index (κ1) is 20.8. The third kappa shape index (κ3) is 2.83. The van der Waals surface area contributed by atoms with Crippen LogP contribution in [0, 0.1) is 0 Å². The van der Waals surface area contributed by atoms with E-state index in [1.165, 1.54) is 11.1 Å². The molecule has 0 aliphatic carbocycles. The summed E-state index contributed by atoms with van der Waals surface area (Å²) in [4.78, 5) is 34.5. The van der Waals surface area contributed by atoms with Crippen LogP contribution in [0.15, 0.2) is 48.5 Å². The van der Waals surface area contributed by atoms with Crippen molar-refractivity contribution in [2.45, 2.75) is 58.0 Å². The number of aromatic nitrogens is 1. The number of hydrogen-bond donors (Lipinski definition) is 1. The standard InChI is InChI=1S/C27H31N3O2/c1-5-17(3)29-16-23(31)30-15-21(19-13-11-18(6-2)12-14-19)24-20-9-7-8-10-22(20)28-25(24)27(30,4)26(29)32/h7-14,17,21,28H,5-6,15-16H2,1-4H3/t17-,21-,27+/m1/s1. The van der Waals surface area contributed by atoms with Crippen molar-refractivity contribution in [2.75, 3.05) is 13.1 Å². The fraction of sp³-hybridized carbons (Fsp3) is 0.407. The number of aryl methyl sites for hydroxylation is 1. The molecule has 1 aromatic heterocycles. The number of hydrogen-bond acceptors (Lipinski definition) is 2. The van der Waals surface area contributed by atoms with Gasteiger partial charge in [-0.05, 0) is 49.4 Å². The van der Waals surface area contributed by atoms with Crippen LogP contribution in [0.5, 0.6) is 0 Å². The molecule has 32 heavy (non-hydrogen) atoms. The first-order valence-corrected chi connectivity index (χ1v) is 11.7. The molecular weight excluding hydrogens is 398 g/mol. The first-order valence-electron chi connectivity index (χ1n) is 11.7. The highest BCUT2D eigenvalue weighted by atomic mass is 16.2. The van der Waals surface area contributed by atoms with Crippen LogP contribution in [0.2, 0.25) is 0 Å². The smallest absolute Gasteiger partial charge is 0.255 e. The van der Waals surface area contributed by atoms with Gasteiger partial charge in [-0.2, -0.15) is 0 Å². The number of rotatable bonds is 4. The number of fused-ring (bicyclic) bond motifs is 5. The fourth-order valence-electron chi connectivity index (χ4n) is 5.49. The van der Waals surface area contributed by atoms with Crippen LogP contribution in [0.4, 0.5) is 0 Å². The minimum absolute atomic E-state index is 0.0130. The molecule has 0 unspecified atom stereocenters. The van der Waals surface area contributed by atoms with Gasteiger partial charge in [-0.15, -0.1) is 0 Å². The molecule has 1 N–H and O–H groups in total. The summed E-state index contributed by atoms with van der Waals surface area (Å²) in [6, 6.07) is 17.0. The molecule has 3 heterocycles. The summed E-state index contributed by atoms with van der Waals surface area (Å²) in [6.45, 7) is 8.82. The van der Waals surface area contributed by atoms with Crippen molar-refractivity contribution in [1.29, 1.82) is 0 Å². The van der Waals surface area contributed by atoms with Crippen LogP contribution in [-0.2, 0) is 21.5 Å². The van der Waals surface area contributed by atoms with Crippen molar-refractivity contribution < 1.29 is 9.59 Å². The SMILES string of the molecule is CCc1ccc([C@H]2CN3C(=O)CN([C@H](C)CC)C(=O)[C@]3(C)c3[nH]c4ccccc4c32)cc1. The molecule has 2 amide bonds. The zero-order valence-corrected chi connectivity index (χ0v) is 19.3. The number of H-pyrrole nitrogens is 1. The van der Waals surface area contributed by atoms with Gasteiger partial charge >= 0.3 is 0 Å². The predicted octanol–water partition coefficient (Wildman–Crippen LogP) is 4.56. The van der Waals surface area contributed by atoms with Crippen LogP contribution in [0.25, 0.3) is 10.9 Å². The van der Waals surface area contributed by atoms with Crippen molar-refractivity contribution >= 4 is 22.7 Å². The molecule has 2 aromatic carbocycles. The van der Waals surface area contributed by atoms with Crippen LogP contribution in [0.3, 0.4) is 0 Å². The van der Waals surface area contributed by atoms with Crippen LogP contribution in [0.1, 0.15) is 62.4 Å². The highest BCUT2D eigenvalue weighted by Gasteiger charge is 2.56. The summed E-state index contributed by atoms with van der Waals surface area (Å²) < 4.78 is 0. The zero-order chi connectivity index (χ0) is 22.6. The predicted molar refractivity (Wildman–Crippen MR) is 126 cm³/mol. The minimum Gasteiger partial charge on any atom is -0.356 e. The number of aromatic amines is 1. The van der Waals surface area contributed by atoms with E-state index in [9.17, 15) is 9.59 Å². The van der Waals surface area contributed by atoms with Gasteiger partial charge in [0.1, 0.15) is 6.54 Å². The number of carbonyl (C=O) groups excluding carboxylic acids is 2. The highest BCUT2D eigenvalue weighted by molar-refractivity contribution is 6.01. The molecule has 166 valence electrons. The van der Waals surface area contributed by atoms with Crippen molar-refractivity contribution in [3.63, 3.8) is 0 Å². The normalized spacial score (nSPS) is 23.9. The van der Waals surface area contributed by atoms with Gasteiger partial charge in [-0.1, -0.05) is 56.3 Å². The first-order chi connectivity index (χ1) is 15.4. The van der Waals surface area contributed by atoms with Gasteiger partial charge in [0.2, 0.25) is 5.91 Å². The summed E-state index contributed by atoms with van der Waals surface area (Å²) in [6.07, 6.45) is 1.81. The van der Waals surface area contributed by atoms with Gasteiger partial charge in [0.05, 0.1) is 5.69 Å². The Hall–Kier alpha value is -3.08. The van der Waals surface area contributed by atoms with Gasteiger partial charge in [0.15, 0.2) is 5.54 Å². The third-order valence-corrected chi connectivity index (χ3v) is 7.68. The molecule has 3 aromatic rings. The van der Waals surface area contributed by atoms with E-state index in [0.29, 0.717) is 6.54 Å². The maximum absolute atomic E-state index is 13.9. The zero-order valence-electron chi connectivity index (χ0n) is 19.3. The minimum atomic E-state index is -1.02. The molecule has 0 spiro atoms. The summed E-state index contributed by atoms with van der Waals surface area (Å²) >= 11 is 0. The Labute approximate surface area is 189 Å². The van der Waals surface area contributed by atoms with Crippen molar-refractivity contribution in [3.8, 4) is 0 Å². The molecular formula is C27H31N3O2. The van der Waals surface area contributed by atoms with Crippen molar-refractivity contribution in [3.05, 3.63) is 70.9 Å². The second kappa shape index (κ2) is 7.51.